The fourth-order valence-corrected chi connectivity index (χ4v) is 3.75. The molecule has 108 valence electrons. The quantitative estimate of drug-likeness (QED) is 0.670. The number of pyridine rings is 1. The van der Waals surface area contributed by atoms with Crippen molar-refractivity contribution < 1.29 is 0 Å². The van der Waals surface area contributed by atoms with E-state index >= 15 is 0 Å². The van der Waals surface area contributed by atoms with E-state index in [-0.39, 0.29) is 11.8 Å². The van der Waals surface area contributed by atoms with Crippen molar-refractivity contribution in [1.82, 2.24) is 9.36 Å². The zero-order valence-electron chi connectivity index (χ0n) is 11.9. The molecule has 5 heteroatoms. The van der Waals surface area contributed by atoms with E-state index < -0.39 is 0 Å². The SMILES string of the molecule is Cc1csnc1-c1cc(Cl)c2cnc(C3CC3C#N)cc2c1. The van der Waals surface area contributed by atoms with Crippen molar-refractivity contribution in [3.8, 4) is 17.3 Å². The predicted octanol–water partition coefficient (Wildman–Crippen LogP) is 4.95. The van der Waals surface area contributed by atoms with Crippen molar-refractivity contribution in [2.24, 2.45) is 5.92 Å². The smallest absolute Gasteiger partial charge is 0.0870 e. The van der Waals surface area contributed by atoms with Crippen molar-refractivity contribution in [1.29, 1.82) is 5.26 Å². The van der Waals surface area contributed by atoms with Crippen LogP contribution >= 0.6 is 23.1 Å². The highest BCUT2D eigenvalue weighted by Gasteiger charge is 2.39. The molecule has 1 fully saturated rings. The van der Waals surface area contributed by atoms with E-state index in [1.54, 1.807) is 0 Å². The van der Waals surface area contributed by atoms with Gasteiger partial charge in [-0.1, -0.05) is 11.6 Å². The van der Waals surface area contributed by atoms with Crippen LogP contribution < -0.4 is 0 Å². The van der Waals surface area contributed by atoms with Gasteiger partial charge in [-0.2, -0.15) is 9.64 Å². The molecular formula is C17H12ClN3S. The number of fused-ring (bicyclic) bond motifs is 1. The number of rotatable bonds is 2. The first-order valence-corrected chi connectivity index (χ1v) is 8.29. The van der Waals surface area contributed by atoms with Gasteiger partial charge in [-0.25, -0.2) is 0 Å². The molecule has 0 amide bonds. The maximum Gasteiger partial charge on any atom is 0.0870 e. The number of nitrogens with zero attached hydrogens (tertiary/aromatic N) is 3. The number of benzene rings is 1. The first-order chi connectivity index (χ1) is 10.7. The van der Waals surface area contributed by atoms with E-state index in [0.29, 0.717) is 5.02 Å². The van der Waals surface area contributed by atoms with Gasteiger partial charge in [-0.3, -0.25) is 4.98 Å². The summed E-state index contributed by atoms with van der Waals surface area (Å²) in [7, 11) is 0. The highest BCUT2D eigenvalue weighted by molar-refractivity contribution is 7.04. The van der Waals surface area contributed by atoms with Crippen LogP contribution in [0.25, 0.3) is 22.0 Å². The second-order valence-electron chi connectivity index (χ2n) is 5.71. The molecule has 2 atom stereocenters. The average molecular weight is 326 g/mol. The maximum atomic E-state index is 8.99. The number of halogens is 1. The lowest BCUT2D eigenvalue weighted by Gasteiger charge is -2.07. The van der Waals surface area contributed by atoms with Gasteiger partial charge in [0.15, 0.2) is 0 Å². The van der Waals surface area contributed by atoms with Gasteiger partial charge in [-0.15, -0.1) is 0 Å². The van der Waals surface area contributed by atoms with E-state index in [4.69, 9.17) is 16.9 Å². The third-order valence-corrected chi connectivity index (χ3v) is 5.22. The molecule has 0 N–H and O–H groups in total. The number of aryl methyl sites for hydroxylation is 1. The van der Waals surface area contributed by atoms with Gasteiger partial charge in [0.05, 0.1) is 22.7 Å². The summed E-state index contributed by atoms with van der Waals surface area (Å²) in [6, 6.07) is 8.43. The summed E-state index contributed by atoms with van der Waals surface area (Å²) in [4.78, 5) is 4.49. The summed E-state index contributed by atoms with van der Waals surface area (Å²) < 4.78 is 4.45. The number of hydrogen-bond donors (Lipinski definition) is 0. The van der Waals surface area contributed by atoms with Crippen LogP contribution in [0.15, 0.2) is 29.8 Å². The minimum Gasteiger partial charge on any atom is -0.260 e. The van der Waals surface area contributed by atoms with Crippen molar-refractivity contribution in [2.45, 2.75) is 19.3 Å². The van der Waals surface area contributed by atoms with Crippen LogP contribution in [0.2, 0.25) is 5.02 Å². The lowest BCUT2D eigenvalue weighted by molar-refractivity contribution is 0.967. The highest BCUT2D eigenvalue weighted by atomic mass is 35.5. The summed E-state index contributed by atoms with van der Waals surface area (Å²) in [6.45, 7) is 2.05. The zero-order chi connectivity index (χ0) is 15.3. The zero-order valence-corrected chi connectivity index (χ0v) is 13.4. The third-order valence-electron chi connectivity index (χ3n) is 4.16. The first-order valence-electron chi connectivity index (χ1n) is 7.07. The fourth-order valence-electron chi connectivity index (χ4n) is 2.80. The Kier molecular flexibility index (Phi) is 3.14. The molecule has 1 aromatic carbocycles. The Morgan fingerprint density at radius 2 is 2.23 bits per heavy atom. The van der Waals surface area contributed by atoms with Crippen molar-refractivity contribution in [3.63, 3.8) is 0 Å². The lowest BCUT2D eigenvalue weighted by Crippen LogP contribution is -1.90. The van der Waals surface area contributed by atoms with Gasteiger partial charge in [0.1, 0.15) is 0 Å². The molecule has 22 heavy (non-hydrogen) atoms. The molecule has 1 saturated carbocycles. The van der Waals surface area contributed by atoms with Crippen LogP contribution in [0.1, 0.15) is 23.6 Å². The maximum absolute atomic E-state index is 8.99. The number of hydrogen-bond acceptors (Lipinski definition) is 4. The Labute approximate surface area is 137 Å². The van der Waals surface area contributed by atoms with Crippen molar-refractivity contribution in [3.05, 3.63) is 46.1 Å². The summed E-state index contributed by atoms with van der Waals surface area (Å²) in [5.41, 5.74) is 4.15. The predicted molar refractivity (Wildman–Crippen MR) is 89.1 cm³/mol. The molecule has 2 unspecified atom stereocenters. The standard InChI is InChI=1S/C17H12ClN3S/c1-9-8-22-21-17(9)11-2-10-5-16(13-3-12(13)6-19)20-7-14(10)15(18)4-11/h2,4-5,7-8,12-13H,3H2,1H3. The summed E-state index contributed by atoms with van der Waals surface area (Å²) in [5, 5.41) is 13.7. The first kappa shape index (κ1) is 13.7. The lowest BCUT2D eigenvalue weighted by atomic mass is 10.0. The molecule has 0 aliphatic heterocycles. The van der Waals surface area contributed by atoms with E-state index in [0.717, 1.165) is 39.7 Å². The van der Waals surface area contributed by atoms with Gasteiger partial charge < -0.3 is 0 Å². The van der Waals surface area contributed by atoms with Crippen LogP contribution in [-0.4, -0.2) is 9.36 Å². The highest BCUT2D eigenvalue weighted by Crippen LogP contribution is 2.46. The largest absolute Gasteiger partial charge is 0.260 e. The van der Waals surface area contributed by atoms with Crippen LogP contribution in [0, 0.1) is 24.2 Å². The van der Waals surface area contributed by atoms with Gasteiger partial charge in [0, 0.05) is 34.1 Å². The molecule has 3 nitrogen and oxygen atoms in total. The molecule has 0 spiro atoms. The van der Waals surface area contributed by atoms with Gasteiger partial charge >= 0.3 is 0 Å². The van der Waals surface area contributed by atoms with Crippen molar-refractivity contribution in [2.75, 3.05) is 0 Å². The molecule has 2 aromatic heterocycles. The van der Waals surface area contributed by atoms with Gasteiger partial charge in [0.2, 0.25) is 0 Å². The second-order valence-corrected chi connectivity index (χ2v) is 6.75. The van der Waals surface area contributed by atoms with E-state index in [2.05, 4.69) is 34.5 Å². The van der Waals surface area contributed by atoms with Crippen LogP contribution in [-0.2, 0) is 0 Å². The minimum atomic E-state index is 0.115. The molecule has 0 saturated heterocycles. The van der Waals surface area contributed by atoms with Crippen LogP contribution in [0.3, 0.4) is 0 Å². The molecule has 4 rings (SSSR count). The normalized spacial score (nSPS) is 20.0. The molecule has 2 heterocycles. The third kappa shape index (κ3) is 2.18. The summed E-state index contributed by atoms with van der Waals surface area (Å²) >= 11 is 7.87. The molecular weight excluding hydrogens is 314 g/mol. The second kappa shape index (κ2) is 5.05. The molecule has 0 radical (unpaired) electrons. The Bertz CT molecular complexity index is 925. The Morgan fingerprint density at radius 1 is 1.36 bits per heavy atom. The Hall–Kier alpha value is -1.96. The van der Waals surface area contributed by atoms with Crippen LogP contribution in [0.4, 0.5) is 0 Å². The Morgan fingerprint density at radius 3 is 2.91 bits per heavy atom. The molecule has 1 aliphatic carbocycles. The molecule has 0 bridgehead atoms. The topological polar surface area (TPSA) is 49.6 Å². The number of nitriles is 1. The minimum absolute atomic E-state index is 0.115. The van der Waals surface area contributed by atoms with E-state index in [1.807, 2.05) is 17.6 Å². The van der Waals surface area contributed by atoms with Gasteiger partial charge in [0.25, 0.3) is 0 Å². The summed E-state index contributed by atoms with van der Waals surface area (Å²) in [5.74, 6) is 0.391. The van der Waals surface area contributed by atoms with Crippen molar-refractivity contribution >= 4 is 33.9 Å². The summed E-state index contributed by atoms with van der Waals surface area (Å²) in [6.07, 6.45) is 2.73. The number of aromatic nitrogens is 2. The molecule has 3 aromatic rings. The Balaban J connectivity index is 1.85. The fraction of sp³-hybridized carbons (Fsp3) is 0.235. The van der Waals surface area contributed by atoms with E-state index in [1.165, 1.54) is 11.5 Å². The monoisotopic (exact) mass is 325 g/mol. The molecule has 1 aliphatic rings. The van der Waals surface area contributed by atoms with E-state index in [9.17, 15) is 0 Å². The van der Waals surface area contributed by atoms with Crippen LogP contribution in [0.5, 0.6) is 0 Å². The van der Waals surface area contributed by atoms with Gasteiger partial charge in [-0.05, 0) is 54.0 Å². The average Bonchev–Trinajstić information content (AvgIpc) is 3.19.